The largest absolute Gasteiger partial charge is 0.384 e. The van der Waals surface area contributed by atoms with E-state index in [0.29, 0.717) is 12.3 Å². The first-order valence-electron chi connectivity index (χ1n) is 7.90. The summed E-state index contributed by atoms with van der Waals surface area (Å²) in [6.07, 6.45) is 1.39. The second-order valence-corrected chi connectivity index (χ2v) is 7.57. The van der Waals surface area contributed by atoms with Crippen molar-refractivity contribution >= 4 is 0 Å². The molecule has 2 bridgehead atoms. The van der Waals surface area contributed by atoms with Gasteiger partial charge in [-0.05, 0) is 44.9 Å². The molecule has 5 aliphatic rings. The fourth-order valence-electron chi connectivity index (χ4n) is 4.89. The average molecular weight is 300 g/mol. The van der Waals surface area contributed by atoms with E-state index >= 15 is 0 Å². The second-order valence-electron chi connectivity index (χ2n) is 7.57. The van der Waals surface area contributed by atoms with Gasteiger partial charge >= 0.3 is 0 Å². The van der Waals surface area contributed by atoms with Gasteiger partial charge < -0.3 is 19.7 Å². The molecule has 6 heteroatoms. The van der Waals surface area contributed by atoms with E-state index in [-0.39, 0.29) is 11.8 Å². The molecule has 0 amide bonds. The van der Waals surface area contributed by atoms with Crippen molar-refractivity contribution in [2.75, 3.05) is 0 Å². The summed E-state index contributed by atoms with van der Waals surface area (Å²) in [6, 6.07) is 0. The Balaban J connectivity index is 1.85. The predicted octanol–water partition coefficient (Wildman–Crippen LogP) is 1.30. The molecule has 1 saturated carbocycles. The van der Waals surface area contributed by atoms with Crippen molar-refractivity contribution in [1.82, 2.24) is 0 Å². The van der Waals surface area contributed by atoms with Crippen molar-refractivity contribution in [3.8, 4) is 0 Å². The van der Waals surface area contributed by atoms with E-state index in [1.165, 1.54) is 0 Å². The SMILES string of the molecule is C[C@@H]1CCC2[C@]34OO[C@@](C)(CCC13)O[C@H]4O[C@@H](O)[C@]2(C)O. The molecule has 0 aromatic carbocycles. The Morgan fingerprint density at radius 1 is 1.10 bits per heavy atom. The number of hydrogen-bond donors (Lipinski definition) is 2. The number of ether oxygens (including phenoxy) is 2. The Kier molecular flexibility index (Phi) is 2.86. The van der Waals surface area contributed by atoms with Gasteiger partial charge in [-0.1, -0.05) is 6.92 Å². The van der Waals surface area contributed by atoms with Gasteiger partial charge in [0.25, 0.3) is 0 Å². The van der Waals surface area contributed by atoms with Crippen molar-refractivity contribution in [2.24, 2.45) is 17.8 Å². The summed E-state index contributed by atoms with van der Waals surface area (Å²) in [7, 11) is 0. The summed E-state index contributed by atoms with van der Waals surface area (Å²) in [6.45, 7) is 5.65. The minimum atomic E-state index is -1.38. The Morgan fingerprint density at radius 3 is 2.62 bits per heavy atom. The van der Waals surface area contributed by atoms with Crippen LogP contribution < -0.4 is 0 Å². The first-order chi connectivity index (χ1) is 9.80. The van der Waals surface area contributed by atoms with E-state index in [1.807, 2.05) is 6.92 Å². The highest BCUT2D eigenvalue weighted by atomic mass is 17.3. The molecular formula is C15H24O6. The summed E-state index contributed by atoms with van der Waals surface area (Å²) in [5.41, 5.74) is -2.21. The molecule has 120 valence electrons. The maximum Gasteiger partial charge on any atom is 0.201 e. The zero-order valence-electron chi connectivity index (χ0n) is 12.7. The van der Waals surface area contributed by atoms with Crippen molar-refractivity contribution < 1.29 is 29.5 Å². The molecule has 5 fully saturated rings. The number of fused-ring (bicyclic) bond motifs is 2. The van der Waals surface area contributed by atoms with Gasteiger partial charge in [-0.15, -0.1) is 0 Å². The van der Waals surface area contributed by atoms with E-state index in [0.717, 1.165) is 19.3 Å². The summed E-state index contributed by atoms with van der Waals surface area (Å²) < 4.78 is 11.6. The summed E-state index contributed by atoms with van der Waals surface area (Å²) >= 11 is 0. The van der Waals surface area contributed by atoms with Gasteiger partial charge in [0.05, 0.1) is 0 Å². The van der Waals surface area contributed by atoms with Crippen LogP contribution >= 0.6 is 0 Å². The Morgan fingerprint density at radius 2 is 1.86 bits per heavy atom. The van der Waals surface area contributed by atoms with Crippen LogP contribution in [0.1, 0.15) is 46.5 Å². The predicted molar refractivity (Wildman–Crippen MR) is 70.5 cm³/mol. The van der Waals surface area contributed by atoms with E-state index in [4.69, 9.17) is 19.2 Å². The van der Waals surface area contributed by atoms with Gasteiger partial charge in [0.15, 0.2) is 18.2 Å². The third kappa shape index (κ3) is 1.69. The van der Waals surface area contributed by atoms with Crippen LogP contribution in [0.25, 0.3) is 0 Å². The third-order valence-corrected chi connectivity index (χ3v) is 6.18. The number of aliphatic hydroxyl groups excluding tert-OH is 1. The van der Waals surface area contributed by atoms with E-state index < -0.39 is 29.6 Å². The van der Waals surface area contributed by atoms with Gasteiger partial charge in [-0.2, -0.15) is 0 Å². The van der Waals surface area contributed by atoms with E-state index in [9.17, 15) is 10.2 Å². The maximum atomic E-state index is 10.8. The van der Waals surface area contributed by atoms with Crippen molar-refractivity contribution in [3.05, 3.63) is 0 Å². The molecule has 2 unspecified atom stereocenters. The highest BCUT2D eigenvalue weighted by Gasteiger charge is 2.72. The molecule has 8 atom stereocenters. The Hall–Kier alpha value is -0.240. The minimum Gasteiger partial charge on any atom is -0.384 e. The topological polar surface area (TPSA) is 77.4 Å². The normalized spacial score (nSPS) is 63.0. The van der Waals surface area contributed by atoms with Gasteiger partial charge in [0.2, 0.25) is 5.79 Å². The standard InChI is InChI=1S/C15H24O6/c1-8-4-5-10-14(3,17)11(16)18-12-15(10)9(8)6-7-13(2,19-12)20-21-15/h8-12,16-17H,4-7H2,1-3H3/t8-,9?,10?,11-,12-,13+,14-,15-/m1/s1. The monoisotopic (exact) mass is 300 g/mol. The number of hydrogen-bond acceptors (Lipinski definition) is 6. The molecule has 0 aromatic heterocycles. The van der Waals surface area contributed by atoms with Crippen LogP contribution in [0, 0.1) is 17.8 Å². The molecule has 6 nitrogen and oxygen atoms in total. The highest BCUT2D eigenvalue weighted by molar-refractivity contribution is 5.13. The van der Waals surface area contributed by atoms with Gasteiger partial charge in [-0.25, -0.2) is 9.78 Å². The first-order valence-corrected chi connectivity index (χ1v) is 7.90. The lowest BCUT2D eigenvalue weighted by Gasteiger charge is -2.61. The molecule has 4 saturated heterocycles. The van der Waals surface area contributed by atoms with E-state index in [1.54, 1.807) is 6.92 Å². The Labute approximate surface area is 124 Å². The fraction of sp³-hybridized carbons (Fsp3) is 1.00. The molecule has 21 heavy (non-hydrogen) atoms. The summed E-state index contributed by atoms with van der Waals surface area (Å²) in [5, 5.41) is 21.0. The van der Waals surface area contributed by atoms with Gasteiger partial charge in [0.1, 0.15) is 5.60 Å². The summed E-state index contributed by atoms with van der Waals surface area (Å²) in [5.74, 6) is -0.501. The number of aliphatic hydroxyl groups is 2. The molecule has 5 rings (SSSR count). The maximum absolute atomic E-state index is 10.8. The number of rotatable bonds is 0. The van der Waals surface area contributed by atoms with E-state index in [2.05, 4.69) is 6.92 Å². The fourth-order valence-corrected chi connectivity index (χ4v) is 4.89. The highest BCUT2D eigenvalue weighted by Crippen LogP contribution is 2.61. The molecule has 1 aliphatic carbocycles. The van der Waals surface area contributed by atoms with Crippen LogP contribution in [0.15, 0.2) is 0 Å². The second kappa shape index (κ2) is 4.19. The molecule has 4 heterocycles. The van der Waals surface area contributed by atoms with Crippen LogP contribution in [-0.4, -0.2) is 39.8 Å². The first kappa shape index (κ1) is 14.4. The lowest BCUT2D eigenvalue weighted by molar-refractivity contribution is -0.583. The third-order valence-electron chi connectivity index (χ3n) is 6.18. The van der Waals surface area contributed by atoms with Crippen molar-refractivity contribution in [3.63, 3.8) is 0 Å². The van der Waals surface area contributed by atoms with Crippen LogP contribution in [0.4, 0.5) is 0 Å². The summed E-state index contributed by atoms with van der Waals surface area (Å²) in [4.78, 5) is 11.5. The molecule has 1 spiro atoms. The molecular weight excluding hydrogens is 276 g/mol. The molecule has 0 radical (unpaired) electrons. The van der Waals surface area contributed by atoms with Crippen molar-refractivity contribution in [2.45, 2.75) is 76.0 Å². The minimum absolute atomic E-state index is 0.185. The zero-order valence-corrected chi connectivity index (χ0v) is 12.7. The Bertz CT molecular complexity index is 453. The van der Waals surface area contributed by atoms with Crippen molar-refractivity contribution in [1.29, 1.82) is 0 Å². The average Bonchev–Trinajstić information content (AvgIpc) is 2.63. The van der Waals surface area contributed by atoms with Crippen LogP contribution in [0.3, 0.4) is 0 Å². The molecule has 4 aliphatic heterocycles. The quantitative estimate of drug-likeness (QED) is 0.657. The molecule has 0 aromatic rings. The van der Waals surface area contributed by atoms with Gasteiger partial charge in [-0.3, -0.25) is 0 Å². The van der Waals surface area contributed by atoms with Gasteiger partial charge in [0, 0.05) is 12.3 Å². The zero-order chi connectivity index (χ0) is 15.0. The van der Waals surface area contributed by atoms with Crippen LogP contribution in [0.2, 0.25) is 0 Å². The van der Waals surface area contributed by atoms with Crippen LogP contribution in [0.5, 0.6) is 0 Å². The van der Waals surface area contributed by atoms with Crippen LogP contribution in [-0.2, 0) is 19.2 Å². The lowest BCUT2D eigenvalue weighted by Crippen LogP contribution is -2.75. The molecule has 2 N–H and O–H groups in total. The smallest absolute Gasteiger partial charge is 0.201 e. The lowest BCUT2D eigenvalue weighted by atomic mass is 9.57.